The normalized spacial score (nSPS) is 15.6. The maximum Gasteiger partial charge on any atom is 0.304 e. The summed E-state index contributed by atoms with van der Waals surface area (Å²) in [6.07, 6.45) is -6.09. The highest BCUT2D eigenvalue weighted by Crippen LogP contribution is 2.28. The molecule has 1 aromatic heterocycles. The molecule has 3 aromatic rings. The van der Waals surface area contributed by atoms with Crippen LogP contribution in [-0.4, -0.2) is 215 Å². The summed E-state index contributed by atoms with van der Waals surface area (Å²) in [6, 6.07) is 6.97. The molecule has 0 aliphatic heterocycles. The van der Waals surface area contributed by atoms with Gasteiger partial charge < -0.3 is 77.9 Å². The molecule has 1 heterocycles. The average Bonchev–Trinajstić information content (AvgIpc) is 1.71. The van der Waals surface area contributed by atoms with E-state index in [1.807, 2.05) is 39.0 Å². The number of ketones is 8. The van der Waals surface area contributed by atoms with E-state index >= 15 is 0 Å². The number of aromatic nitrogens is 1. The van der Waals surface area contributed by atoms with Gasteiger partial charge in [0.2, 0.25) is 41.4 Å². The lowest BCUT2D eigenvalue weighted by molar-refractivity contribution is -0.141. The fraction of sp³-hybridized carbons (Fsp3) is 0.624. The van der Waals surface area contributed by atoms with E-state index in [2.05, 4.69) is 42.2 Å². The van der Waals surface area contributed by atoms with E-state index in [0.717, 1.165) is 17.8 Å². The van der Waals surface area contributed by atoms with Crippen molar-refractivity contribution in [2.24, 2.45) is 76.9 Å². The number of benzene rings is 2. The number of carbonyl (C=O) groups is 18. The number of aliphatic hydroxyl groups excluding tert-OH is 4. The van der Waals surface area contributed by atoms with Crippen molar-refractivity contribution >= 4 is 116 Å². The van der Waals surface area contributed by atoms with E-state index in [1.165, 1.54) is 27.7 Å². The van der Waals surface area contributed by atoms with Crippen LogP contribution in [0.1, 0.15) is 191 Å². The Balaban J connectivity index is 1.80. The van der Waals surface area contributed by atoms with E-state index in [1.54, 1.807) is 77.2 Å². The summed E-state index contributed by atoms with van der Waals surface area (Å²) in [7, 11) is 0. The SMILES string of the molecule is CC[C@H](C)[C@H](NC(=O)[C@H](CCC(=O)O)CC(=O)[C@H](Cc1c[nH]c2ccccc12)NC(=O)[C@@H](CC(=O)[C@@H](NC(=O)[C@@H](CC(=O)CNC(=O)[C@@H](CC(=O)[C@H](CO)NC(=O)[C@@H](CC(=O)[C@H](CO)NC(=O)[C@H](CO)CC(=O)C(NC(=O)[C@H](CCC(=O)O)CC(=O)[C@@H](C)CC(=O)O)[C@@H](C)O)C(C)C)Cc1ccccc1)C(C)C)C(C)C)CC(C)C)C(C)=O. The minimum Gasteiger partial charge on any atom is -0.481 e. The lowest BCUT2D eigenvalue weighted by Gasteiger charge is -2.28. The Morgan fingerprint density at radius 2 is 0.864 bits per heavy atom. The van der Waals surface area contributed by atoms with Gasteiger partial charge in [0.25, 0.3) is 0 Å². The number of hydrogen-bond donors (Lipinski definition) is 15. The maximum absolute atomic E-state index is 14.8. The number of aliphatic hydroxyl groups is 4. The first kappa shape index (κ1) is 102. The molecule has 0 radical (unpaired) electrons. The number of rotatable bonds is 59. The van der Waals surface area contributed by atoms with E-state index < -0.39 is 304 Å². The number of amides is 7. The van der Waals surface area contributed by atoms with Crippen molar-refractivity contribution in [1.29, 1.82) is 0 Å². The highest BCUT2D eigenvalue weighted by Gasteiger charge is 2.40. The van der Waals surface area contributed by atoms with Crippen molar-refractivity contribution in [3.8, 4) is 0 Å². The first-order valence-electron chi connectivity index (χ1n) is 40.4. The summed E-state index contributed by atoms with van der Waals surface area (Å²) >= 11 is 0. The molecular formula is C85H124N8O25. The number of para-hydroxylation sites is 1. The van der Waals surface area contributed by atoms with Crippen LogP contribution in [0.2, 0.25) is 0 Å². The van der Waals surface area contributed by atoms with Gasteiger partial charge in [0, 0.05) is 123 Å². The molecule has 654 valence electrons. The van der Waals surface area contributed by atoms with Crippen LogP contribution in [0.25, 0.3) is 10.9 Å². The lowest BCUT2D eigenvalue weighted by Crippen LogP contribution is -2.52. The van der Waals surface area contributed by atoms with E-state index in [-0.39, 0.29) is 43.3 Å². The zero-order chi connectivity index (χ0) is 89.1. The van der Waals surface area contributed by atoms with Gasteiger partial charge in [-0.25, -0.2) is 0 Å². The van der Waals surface area contributed by atoms with Crippen LogP contribution in [0.15, 0.2) is 60.8 Å². The molecule has 16 atom stereocenters. The molecule has 0 spiro atoms. The van der Waals surface area contributed by atoms with E-state index in [0.29, 0.717) is 17.5 Å². The fourth-order valence-electron chi connectivity index (χ4n) is 13.9. The quantitative estimate of drug-likeness (QED) is 0.0381. The van der Waals surface area contributed by atoms with Crippen LogP contribution in [0.5, 0.6) is 0 Å². The topological polar surface area (TPSA) is 549 Å². The molecule has 1 unspecified atom stereocenters. The van der Waals surface area contributed by atoms with Gasteiger partial charge in [-0.1, -0.05) is 131 Å². The van der Waals surface area contributed by atoms with Crippen LogP contribution in [0.3, 0.4) is 0 Å². The van der Waals surface area contributed by atoms with Gasteiger partial charge in [-0.15, -0.1) is 0 Å². The third kappa shape index (κ3) is 34.1. The van der Waals surface area contributed by atoms with Gasteiger partial charge in [0.15, 0.2) is 40.5 Å². The number of H-pyrrole nitrogens is 1. The molecule has 118 heavy (non-hydrogen) atoms. The van der Waals surface area contributed by atoms with Crippen LogP contribution in [0, 0.1) is 76.9 Å². The van der Waals surface area contributed by atoms with Gasteiger partial charge in [0.05, 0.1) is 62.9 Å². The Labute approximate surface area is 688 Å². The summed E-state index contributed by atoms with van der Waals surface area (Å²) in [5.74, 6) is -27.9. The molecule has 0 bridgehead atoms. The number of Topliss-reactive ketones (excluding diaryl/α,β-unsaturated/α-hetero) is 8. The zero-order valence-electron chi connectivity index (χ0n) is 69.9. The maximum atomic E-state index is 14.8. The molecule has 33 nitrogen and oxygen atoms in total. The highest BCUT2D eigenvalue weighted by atomic mass is 16.4. The van der Waals surface area contributed by atoms with Crippen molar-refractivity contribution in [2.75, 3.05) is 26.4 Å². The summed E-state index contributed by atoms with van der Waals surface area (Å²) in [4.78, 5) is 247. The standard InChI is InChI=1S/C85H124N8O25/c1-14-48(10)77(50(12)97)92-80(113)54(25-27-74(108)109)33-68(101)64(31-57-39-86-63-23-19-18-22-60(57)63)88-82(115)55(28-44(2)3)35-71(104)76(47(8)9)91-85(118)61(45(4)5)37-59(99)40-87-79(112)56(30-52-20-16-15-17-21-52)34-69(102)65(42-95)90-84(117)62(46(6)7)38-70(103)66(43-96)89-83(116)58(41-94)36-72(105)78(51(13)98)93-81(114)53(24-26-73(106)107)32-67(100)49(11)29-75(110)111/h15-23,39,44-49,51,53-56,58,61-62,64-66,76-78,86,94-96,98H,14,24-38,40-43H2,1-13H3,(H,87,112)(H,88,115)(H,89,116)(H,90,117)(H,91,118)(H,92,113)(H,93,114)(H,106,107)(H,108,109)(H,110,111)/t48-,49-,51+,53+,54+,55+,56+,58-,61-,62-,64-,65-,66-,76-,77-,78?/m0/s1. The number of carboxylic acids is 3. The second-order valence-corrected chi connectivity index (χ2v) is 32.6. The minimum absolute atomic E-state index is 0.0765. The lowest BCUT2D eigenvalue weighted by atomic mass is 9.85. The fourth-order valence-corrected chi connectivity index (χ4v) is 13.9. The van der Waals surface area contributed by atoms with Crippen LogP contribution >= 0.6 is 0 Å². The van der Waals surface area contributed by atoms with Crippen molar-refractivity contribution in [2.45, 2.75) is 235 Å². The summed E-state index contributed by atoms with van der Waals surface area (Å²) in [5.41, 5.74) is 1.93. The second kappa shape index (κ2) is 50.6. The molecule has 15 N–H and O–H groups in total. The first-order valence-corrected chi connectivity index (χ1v) is 40.4. The first-order chi connectivity index (χ1) is 55.4. The largest absolute Gasteiger partial charge is 0.481 e. The van der Waals surface area contributed by atoms with E-state index in [4.69, 9.17) is 5.11 Å². The number of aromatic amines is 1. The minimum atomic E-state index is -1.80. The second-order valence-electron chi connectivity index (χ2n) is 32.6. The van der Waals surface area contributed by atoms with Crippen molar-refractivity contribution in [3.05, 3.63) is 71.9 Å². The number of fused-ring (bicyclic) bond motifs is 1. The number of nitrogens with one attached hydrogen (secondary N) is 8. The number of aliphatic carboxylic acids is 3. The third-order valence-electron chi connectivity index (χ3n) is 21.4. The van der Waals surface area contributed by atoms with Crippen molar-refractivity contribution in [3.63, 3.8) is 0 Å². The molecule has 2 aromatic carbocycles. The third-order valence-corrected chi connectivity index (χ3v) is 21.4. The monoisotopic (exact) mass is 1660 g/mol. The van der Waals surface area contributed by atoms with Gasteiger partial charge in [0.1, 0.15) is 23.9 Å². The van der Waals surface area contributed by atoms with Crippen molar-refractivity contribution in [1.82, 2.24) is 42.2 Å². The van der Waals surface area contributed by atoms with E-state index in [9.17, 15) is 117 Å². The van der Waals surface area contributed by atoms with Gasteiger partial charge >= 0.3 is 17.9 Å². The molecule has 0 aliphatic rings. The summed E-state index contributed by atoms with van der Waals surface area (Å²) in [6.45, 7) is 17.0. The van der Waals surface area contributed by atoms with Crippen LogP contribution < -0.4 is 37.2 Å². The van der Waals surface area contributed by atoms with Gasteiger partial charge in [-0.3, -0.25) is 86.3 Å². The summed E-state index contributed by atoms with van der Waals surface area (Å²) < 4.78 is 0. The molecule has 7 amide bonds. The van der Waals surface area contributed by atoms with Gasteiger partial charge in [-0.05, 0) is 86.3 Å². The van der Waals surface area contributed by atoms with Crippen LogP contribution in [-0.2, 0) is 99.1 Å². The Morgan fingerprint density at radius 1 is 0.415 bits per heavy atom. The number of carbonyl (C=O) groups excluding carboxylic acids is 15. The molecule has 0 saturated heterocycles. The molecular weight excluding hydrogens is 1530 g/mol. The van der Waals surface area contributed by atoms with Gasteiger partial charge in [-0.2, -0.15) is 0 Å². The molecule has 33 heteroatoms. The number of carboxylic acid groups (broad SMARTS) is 3. The highest BCUT2D eigenvalue weighted by molar-refractivity contribution is 6.01. The van der Waals surface area contributed by atoms with Crippen LogP contribution in [0.4, 0.5) is 0 Å². The number of hydrogen-bond acceptors (Lipinski definition) is 22. The Hall–Kier alpha value is -10.1. The molecule has 0 saturated carbocycles. The Morgan fingerprint density at radius 3 is 1.37 bits per heavy atom. The van der Waals surface area contributed by atoms with Crippen molar-refractivity contribution < 1.29 is 122 Å². The predicted octanol–water partition coefficient (Wildman–Crippen LogP) is 3.85. The molecule has 0 fully saturated rings. The Bertz CT molecular complexity index is 3960. The average molecular weight is 1660 g/mol. The zero-order valence-corrected chi connectivity index (χ0v) is 69.9. The predicted molar refractivity (Wildman–Crippen MR) is 431 cm³/mol. The molecule has 0 aliphatic carbocycles. The smallest absolute Gasteiger partial charge is 0.304 e. The summed E-state index contributed by atoms with van der Waals surface area (Å²) in [5, 5.41) is 88.6. The Kier molecular flexibility index (Phi) is 43.8. The molecule has 3 rings (SSSR count).